The van der Waals surface area contributed by atoms with Crippen molar-refractivity contribution in [3.63, 3.8) is 0 Å². The van der Waals surface area contributed by atoms with Gasteiger partial charge in [0.15, 0.2) is 11.5 Å². The summed E-state index contributed by atoms with van der Waals surface area (Å²) < 4.78 is 24.5. The molecule has 0 aliphatic rings. The van der Waals surface area contributed by atoms with E-state index in [2.05, 4.69) is 0 Å². The molecule has 23 heavy (non-hydrogen) atoms. The highest BCUT2D eigenvalue weighted by Gasteiger charge is 2.08. The largest absolute Gasteiger partial charge is 0.508 e. The number of para-hydroxylation sites is 2. The molecule has 0 saturated heterocycles. The third kappa shape index (κ3) is 5.14. The molecule has 0 atom stereocenters. The second kappa shape index (κ2) is 8.39. The Balaban J connectivity index is 1.85. The molecule has 0 aromatic heterocycles. The summed E-state index contributed by atoms with van der Waals surface area (Å²) in [5.41, 5.74) is 0.558. The van der Waals surface area contributed by atoms with Gasteiger partial charge < -0.3 is 14.6 Å². The molecule has 2 aromatic carbocycles. The molecule has 5 heteroatoms. The molecule has 124 valence electrons. The van der Waals surface area contributed by atoms with Crippen LogP contribution in [0.4, 0.5) is 4.39 Å². The Labute approximate surface area is 136 Å². The fourth-order valence-electron chi connectivity index (χ4n) is 2.21. The van der Waals surface area contributed by atoms with Gasteiger partial charge >= 0.3 is 0 Å². The molecule has 0 heterocycles. The first-order chi connectivity index (χ1) is 11.1. The lowest BCUT2D eigenvalue weighted by atomic mass is 10.2. The summed E-state index contributed by atoms with van der Waals surface area (Å²) in [6.45, 7) is 4.06. The number of likely N-dealkylation sites (N-methyl/N-ethyl adjacent to an activating group) is 1. The van der Waals surface area contributed by atoms with E-state index in [1.807, 2.05) is 43.1 Å². The van der Waals surface area contributed by atoms with Crippen LogP contribution in [0.3, 0.4) is 0 Å². The van der Waals surface area contributed by atoms with E-state index < -0.39 is 0 Å². The lowest BCUT2D eigenvalue weighted by molar-refractivity contribution is 0.221. The number of benzene rings is 2. The summed E-state index contributed by atoms with van der Waals surface area (Å²) in [6, 6.07) is 11.5. The molecule has 0 aliphatic carbocycles. The number of nitrogens with zero attached hydrogens (tertiary/aromatic N) is 1. The molecular formula is C18H22FNO3. The fourth-order valence-corrected chi connectivity index (χ4v) is 2.21. The summed E-state index contributed by atoms with van der Waals surface area (Å²) in [6.07, 6.45) is 0. The monoisotopic (exact) mass is 319 g/mol. The van der Waals surface area contributed by atoms with Crippen LogP contribution in [0, 0.1) is 5.82 Å². The Hall–Kier alpha value is -2.27. The van der Waals surface area contributed by atoms with Crippen LogP contribution in [-0.4, -0.2) is 36.8 Å². The van der Waals surface area contributed by atoms with Gasteiger partial charge in [0.1, 0.15) is 18.2 Å². The normalized spacial score (nSPS) is 10.8. The lowest BCUT2D eigenvalue weighted by Gasteiger charge is -2.18. The average molecular weight is 319 g/mol. The molecular weight excluding hydrogens is 297 g/mol. The number of phenolic OH excluding ortho intramolecular Hbond substituents is 1. The minimum atomic E-state index is -0.354. The van der Waals surface area contributed by atoms with Gasteiger partial charge in [0.25, 0.3) is 0 Å². The Bertz CT molecular complexity index is 633. The van der Waals surface area contributed by atoms with E-state index >= 15 is 0 Å². The summed E-state index contributed by atoms with van der Waals surface area (Å²) in [5.74, 6) is 1.17. The van der Waals surface area contributed by atoms with Crippen LogP contribution in [0.5, 0.6) is 17.2 Å². The molecule has 0 radical (unpaired) electrons. The smallest absolute Gasteiger partial charge is 0.161 e. The van der Waals surface area contributed by atoms with E-state index in [1.165, 1.54) is 18.2 Å². The molecule has 4 nitrogen and oxygen atoms in total. The second-order valence-electron chi connectivity index (χ2n) is 5.24. The van der Waals surface area contributed by atoms with Gasteiger partial charge in [-0.25, -0.2) is 4.39 Å². The van der Waals surface area contributed by atoms with E-state index in [0.717, 1.165) is 5.75 Å². The van der Waals surface area contributed by atoms with Gasteiger partial charge in [-0.1, -0.05) is 12.1 Å². The summed E-state index contributed by atoms with van der Waals surface area (Å²) >= 11 is 0. The van der Waals surface area contributed by atoms with Crippen LogP contribution in [-0.2, 0) is 6.54 Å². The fraction of sp³-hybridized carbons (Fsp3) is 0.333. The summed E-state index contributed by atoms with van der Waals surface area (Å²) in [4.78, 5) is 1.96. The van der Waals surface area contributed by atoms with Crippen molar-refractivity contribution in [3.8, 4) is 17.2 Å². The van der Waals surface area contributed by atoms with Gasteiger partial charge in [-0.3, -0.25) is 4.90 Å². The van der Waals surface area contributed by atoms with Crippen molar-refractivity contribution in [2.75, 3.05) is 26.8 Å². The highest BCUT2D eigenvalue weighted by atomic mass is 19.1. The third-order valence-corrected chi connectivity index (χ3v) is 3.36. The van der Waals surface area contributed by atoms with Gasteiger partial charge in [0.2, 0.25) is 0 Å². The number of ether oxygens (including phenoxy) is 2. The number of hydrogen-bond acceptors (Lipinski definition) is 4. The quantitative estimate of drug-likeness (QED) is 0.809. The Morgan fingerprint density at radius 3 is 2.48 bits per heavy atom. The summed E-state index contributed by atoms with van der Waals surface area (Å²) in [5, 5.41) is 9.74. The van der Waals surface area contributed by atoms with Crippen LogP contribution in [0.1, 0.15) is 12.5 Å². The molecule has 0 unspecified atom stereocenters. The van der Waals surface area contributed by atoms with E-state index in [0.29, 0.717) is 37.6 Å². The summed E-state index contributed by atoms with van der Waals surface area (Å²) in [7, 11) is 1.89. The Morgan fingerprint density at radius 2 is 1.78 bits per heavy atom. The third-order valence-electron chi connectivity index (χ3n) is 3.36. The molecule has 0 amide bonds. The average Bonchev–Trinajstić information content (AvgIpc) is 2.53. The number of phenols is 1. The second-order valence-corrected chi connectivity index (χ2v) is 5.24. The minimum absolute atomic E-state index is 0.0980. The number of halogens is 1. The molecule has 0 spiro atoms. The van der Waals surface area contributed by atoms with Crippen LogP contribution in [0.15, 0.2) is 42.5 Å². The maximum Gasteiger partial charge on any atom is 0.161 e. The van der Waals surface area contributed by atoms with Gasteiger partial charge in [-0.2, -0.15) is 0 Å². The van der Waals surface area contributed by atoms with Crippen LogP contribution < -0.4 is 9.47 Å². The van der Waals surface area contributed by atoms with E-state index in [-0.39, 0.29) is 11.6 Å². The maximum atomic E-state index is 13.2. The predicted molar refractivity (Wildman–Crippen MR) is 87.5 cm³/mol. The van der Waals surface area contributed by atoms with Crippen molar-refractivity contribution in [3.05, 3.63) is 53.8 Å². The maximum absolute atomic E-state index is 13.2. The number of rotatable bonds is 8. The molecule has 2 rings (SSSR count). The molecule has 2 aromatic rings. The van der Waals surface area contributed by atoms with Crippen LogP contribution in [0.2, 0.25) is 0 Å². The molecule has 0 saturated carbocycles. The Morgan fingerprint density at radius 1 is 1.09 bits per heavy atom. The molecule has 1 N–H and O–H groups in total. The molecule has 0 bridgehead atoms. The van der Waals surface area contributed by atoms with Gasteiger partial charge in [0, 0.05) is 18.7 Å². The standard InChI is InChI=1S/C18H22FNO3/c1-3-22-17-6-4-5-7-18(17)23-11-10-20(2)13-14-12-15(19)8-9-16(14)21/h4-9,12,21H,3,10-11,13H2,1-2H3. The number of aromatic hydroxyl groups is 1. The SMILES string of the molecule is CCOc1ccccc1OCCN(C)Cc1cc(F)ccc1O. The first kappa shape index (κ1) is 17.1. The van der Waals surface area contributed by atoms with E-state index in [4.69, 9.17) is 9.47 Å². The van der Waals surface area contributed by atoms with Crippen LogP contribution in [0.25, 0.3) is 0 Å². The zero-order valence-electron chi connectivity index (χ0n) is 13.5. The van der Waals surface area contributed by atoms with Crippen molar-refractivity contribution in [2.24, 2.45) is 0 Å². The predicted octanol–water partition coefficient (Wildman–Crippen LogP) is 3.44. The van der Waals surface area contributed by atoms with E-state index in [1.54, 1.807) is 0 Å². The van der Waals surface area contributed by atoms with Crippen molar-refractivity contribution in [1.82, 2.24) is 4.90 Å². The highest BCUT2D eigenvalue weighted by Crippen LogP contribution is 2.26. The van der Waals surface area contributed by atoms with Crippen molar-refractivity contribution in [1.29, 1.82) is 0 Å². The number of hydrogen-bond donors (Lipinski definition) is 1. The zero-order valence-corrected chi connectivity index (χ0v) is 13.5. The van der Waals surface area contributed by atoms with Gasteiger partial charge in [0.05, 0.1) is 6.61 Å². The first-order valence-corrected chi connectivity index (χ1v) is 7.60. The minimum Gasteiger partial charge on any atom is -0.508 e. The van der Waals surface area contributed by atoms with E-state index in [9.17, 15) is 9.50 Å². The van der Waals surface area contributed by atoms with Crippen LogP contribution >= 0.6 is 0 Å². The van der Waals surface area contributed by atoms with Gasteiger partial charge in [-0.15, -0.1) is 0 Å². The Kier molecular flexibility index (Phi) is 6.23. The molecule has 0 aliphatic heterocycles. The van der Waals surface area contributed by atoms with Gasteiger partial charge in [-0.05, 0) is 44.3 Å². The molecule has 0 fully saturated rings. The van der Waals surface area contributed by atoms with Crippen molar-refractivity contribution < 1.29 is 19.0 Å². The lowest BCUT2D eigenvalue weighted by Crippen LogP contribution is -2.24. The van der Waals surface area contributed by atoms with Crippen molar-refractivity contribution >= 4 is 0 Å². The highest BCUT2D eigenvalue weighted by molar-refractivity contribution is 5.39. The van der Waals surface area contributed by atoms with Crippen molar-refractivity contribution in [2.45, 2.75) is 13.5 Å². The first-order valence-electron chi connectivity index (χ1n) is 7.60. The topological polar surface area (TPSA) is 41.9 Å². The zero-order chi connectivity index (χ0) is 16.7.